The summed E-state index contributed by atoms with van der Waals surface area (Å²) < 4.78 is 0.943. The molecule has 0 radical (unpaired) electrons. The Hall–Kier alpha value is -1.81. The lowest BCUT2D eigenvalue weighted by Gasteiger charge is -2.05. The van der Waals surface area contributed by atoms with Gasteiger partial charge in [0, 0.05) is 21.4 Å². The van der Waals surface area contributed by atoms with Crippen LogP contribution in [0.15, 0.2) is 53.0 Å². The Morgan fingerprint density at radius 3 is 2.47 bits per heavy atom. The molecular weight excluding hydrogens is 280 g/mol. The maximum absolute atomic E-state index is 11.9. The van der Waals surface area contributed by atoms with Gasteiger partial charge in [0.1, 0.15) is 0 Å². The smallest absolute Gasteiger partial charge is 0.255 e. The van der Waals surface area contributed by atoms with E-state index in [1.54, 1.807) is 36.4 Å². The van der Waals surface area contributed by atoms with E-state index in [4.69, 9.17) is 5.73 Å². The van der Waals surface area contributed by atoms with Crippen molar-refractivity contribution in [3.8, 4) is 0 Å². The molecule has 3 N–H and O–H groups in total. The van der Waals surface area contributed by atoms with Crippen LogP contribution in [-0.2, 0) is 0 Å². The van der Waals surface area contributed by atoms with Crippen molar-refractivity contribution in [1.29, 1.82) is 0 Å². The summed E-state index contributed by atoms with van der Waals surface area (Å²) in [7, 11) is 0. The van der Waals surface area contributed by atoms with Gasteiger partial charge in [0.25, 0.3) is 5.91 Å². The van der Waals surface area contributed by atoms with Crippen LogP contribution >= 0.6 is 15.9 Å². The van der Waals surface area contributed by atoms with Gasteiger partial charge in [-0.3, -0.25) is 4.79 Å². The Balaban J connectivity index is 2.14. The molecule has 0 fully saturated rings. The van der Waals surface area contributed by atoms with Crippen LogP contribution in [0, 0.1) is 0 Å². The van der Waals surface area contributed by atoms with E-state index in [1.165, 1.54) is 0 Å². The second kappa shape index (κ2) is 5.01. The van der Waals surface area contributed by atoms with Crippen LogP contribution in [0.2, 0.25) is 0 Å². The number of benzene rings is 2. The van der Waals surface area contributed by atoms with E-state index in [2.05, 4.69) is 21.2 Å². The Labute approximate surface area is 108 Å². The van der Waals surface area contributed by atoms with Gasteiger partial charge in [-0.1, -0.05) is 22.0 Å². The fraction of sp³-hybridized carbons (Fsp3) is 0. The van der Waals surface area contributed by atoms with Crippen molar-refractivity contribution in [2.45, 2.75) is 0 Å². The molecule has 0 saturated carbocycles. The second-order valence-electron chi connectivity index (χ2n) is 3.59. The van der Waals surface area contributed by atoms with Crippen LogP contribution in [0.3, 0.4) is 0 Å². The molecule has 17 heavy (non-hydrogen) atoms. The van der Waals surface area contributed by atoms with Crippen LogP contribution in [0.1, 0.15) is 10.4 Å². The summed E-state index contributed by atoms with van der Waals surface area (Å²) in [5.41, 5.74) is 7.56. The Morgan fingerprint density at radius 2 is 1.82 bits per heavy atom. The zero-order valence-corrected chi connectivity index (χ0v) is 10.6. The molecule has 1 amide bonds. The highest BCUT2D eigenvalue weighted by molar-refractivity contribution is 9.10. The number of anilines is 2. The predicted octanol–water partition coefficient (Wildman–Crippen LogP) is 3.28. The molecule has 0 bridgehead atoms. The van der Waals surface area contributed by atoms with Gasteiger partial charge in [-0.2, -0.15) is 0 Å². The van der Waals surface area contributed by atoms with Crippen LogP contribution in [0.25, 0.3) is 0 Å². The third kappa shape index (κ3) is 3.07. The molecule has 0 heterocycles. The molecule has 2 aromatic carbocycles. The van der Waals surface area contributed by atoms with Gasteiger partial charge in [0.2, 0.25) is 0 Å². The summed E-state index contributed by atoms with van der Waals surface area (Å²) in [5, 5.41) is 2.78. The lowest BCUT2D eigenvalue weighted by Crippen LogP contribution is -2.11. The molecule has 0 aliphatic heterocycles. The van der Waals surface area contributed by atoms with Crippen molar-refractivity contribution in [3.05, 3.63) is 58.6 Å². The van der Waals surface area contributed by atoms with Crippen LogP contribution < -0.4 is 11.1 Å². The van der Waals surface area contributed by atoms with Crippen molar-refractivity contribution in [2.75, 3.05) is 11.1 Å². The molecule has 2 aromatic rings. The van der Waals surface area contributed by atoms with Crippen molar-refractivity contribution in [1.82, 2.24) is 0 Å². The van der Waals surface area contributed by atoms with Gasteiger partial charge in [0.05, 0.1) is 0 Å². The second-order valence-corrected chi connectivity index (χ2v) is 4.50. The molecule has 3 nitrogen and oxygen atoms in total. The van der Waals surface area contributed by atoms with Crippen LogP contribution in [-0.4, -0.2) is 5.91 Å². The zero-order valence-electron chi connectivity index (χ0n) is 8.98. The molecule has 0 aliphatic rings. The summed E-state index contributed by atoms with van der Waals surface area (Å²) in [6, 6.07) is 14.3. The number of carbonyl (C=O) groups is 1. The lowest BCUT2D eigenvalue weighted by molar-refractivity contribution is 0.102. The van der Waals surface area contributed by atoms with E-state index in [1.807, 2.05) is 12.1 Å². The molecule has 0 spiro atoms. The first-order valence-corrected chi connectivity index (χ1v) is 5.87. The van der Waals surface area contributed by atoms with Crippen LogP contribution in [0.5, 0.6) is 0 Å². The number of nitrogen functional groups attached to an aromatic ring is 1. The van der Waals surface area contributed by atoms with Gasteiger partial charge in [0.15, 0.2) is 0 Å². The molecule has 2 rings (SSSR count). The lowest BCUT2D eigenvalue weighted by atomic mass is 10.2. The first kappa shape index (κ1) is 11.7. The topological polar surface area (TPSA) is 55.1 Å². The summed E-state index contributed by atoms with van der Waals surface area (Å²) in [6.07, 6.45) is 0. The highest BCUT2D eigenvalue weighted by Gasteiger charge is 2.05. The molecule has 4 heteroatoms. The monoisotopic (exact) mass is 290 g/mol. The third-order valence-electron chi connectivity index (χ3n) is 2.25. The number of hydrogen-bond donors (Lipinski definition) is 2. The molecule has 86 valence electrons. The molecule has 0 aromatic heterocycles. The van der Waals surface area contributed by atoms with Crippen molar-refractivity contribution in [3.63, 3.8) is 0 Å². The highest BCUT2D eigenvalue weighted by Crippen LogP contribution is 2.15. The van der Waals surface area contributed by atoms with Crippen molar-refractivity contribution in [2.24, 2.45) is 0 Å². The van der Waals surface area contributed by atoms with Gasteiger partial charge in [-0.15, -0.1) is 0 Å². The minimum Gasteiger partial charge on any atom is -0.399 e. The van der Waals surface area contributed by atoms with E-state index in [0.717, 1.165) is 4.47 Å². The minimum atomic E-state index is -0.150. The minimum absolute atomic E-state index is 0.150. The standard InChI is InChI=1S/C13H11BrN2O/c14-10-6-4-9(5-7-10)13(17)16-12-3-1-2-11(15)8-12/h1-8H,15H2,(H,16,17). The predicted molar refractivity (Wildman–Crippen MR) is 72.9 cm³/mol. The number of hydrogen-bond acceptors (Lipinski definition) is 2. The Kier molecular flexibility index (Phi) is 3.44. The maximum Gasteiger partial charge on any atom is 0.255 e. The van der Waals surface area contributed by atoms with E-state index in [-0.39, 0.29) is 5.91 Å². The van der Waals surface area contributed by atoms with Gasteiger partial charge >= 0.3 is 0 Å². The van der Waals surface area contributed by atoms with Gasteiger partial charge in [-0.25, -0.2) is 0 Å². The van der Waals surface area contributed by atoms with Gasteiger partial charge < -0.3 is 11.1 Å². The first-order valence-electron chi connectivity index (χ1n) is 5.07. The Bertz CT molecular complexity index is 537. The third-order valence-corrected chi connectivity index (χ3v) is 2.78. The number of halogens is 1. The number of nitrogens with one attached hydrogen (secondary N) is 1. The summed E-state index contributed by atoms with van der Waals surface area (Å²) in [5.74, 6) is -0.150. The van der Waals surface area contributed by atoms with Crippen molar-refractivity contribution >= 4 is 33.2 Å². The molecular formula is C13H11BrN2O. The average molecular weight is 291 g/mol. The quantitative estimate of drug-likeness (QED) is 0.834. The first-order chi connectivity index (χ1) is 8.15. The van der Waals surface area contributed by atoms with E-state index in [9.17, 15) is 4.79 Å². The van der Waals surface area contributed by atoms with E-state index in [0.29, 0.717) is 16.9 Å². The van der Waals surface area contributed by atoms with E-state index < -0.39 is 0 Å². The number of carbonyl (C=O) groups excluding carboxylic acids is 1. The number of rotatable bonds is 2. The molecule has 0 aliphatic carbocycles. The maximum atomic E-state index is 11.9. The summed E-state index contributed by atoms with van der Waals surface area (Å²) >= 11 is 3.32. The largest absolute Gasteiger partial charge is 0.399 e. The molecule has 0 saturated heterocycles. The molecule has 0 atom stereocenters. The van der Waals surface area contributed by atoms with Crippen LogP contribution in [0.4, 0.5) is 11.4 Å². The fourth-order valence-electron chi connectivity index (χ4n) is 1.42. The number of nitrogens with two attached hydrogens (primary N) is 1. The van der Waals surface area contributed by atoms with E-state index >= 15 is 0 Å². The zero-order chi connectivity index (χ0) is 12.3. The molecule has 0 unspecified atom stereocenters. The number of amides is 1. The fourth-order valence-corrected chi connectivity index (χ4v) is 1.69. The van der Waals surface area contributed by atoms with Crippen molar-refractivity contribution < 1.29 is 4.79 Å². The Morgan fingerprint density at radius 1 is 1.12 bits per heavy atom. The summed E-state index contributed by atoms with van der Waals surface area (Å²) in [4.78, 5) is 11.9. The normalized spacial score (nSPS) is 9.94. The summed E-state index contributed by atoms with van der Waals surface area (Å²) in [6.45, 7) is 0. The SMILES string of the molecule is Nc1cccc(NC(=O)c2ccc(Br)cc2)c1. The average Bonchev–Trinajstić information content (AvgIpc) is 2.29. The van der Waals surface area contributed by atoms with Gasteiger partial charge in [-0.05, 0) is 42.5 Å². The highest BCUT2D eigenvalue weighted by atomic mass is 79.9.